The van der Waals surface area contributed by atoms with E-state index in [9.17, 15) is 14.3 Å². The number of carboxylic acids is 1. The highest BCUT2D eigenvalue weighted by Gasteiger charge is 2.16. The van der Waals surface area contributed by atoms with E-state index in [1.807, 2.05) is 10.8 Å². The number of halogens is 1. The van der Waals surface area contributed by atoms with E-state index >= 15 is 0 Å². The smallest absolute Gasteiger partial charge is 0.335 e. The Morgan fingerprint density at radius 2 is 2.03 bits per heavy atom. The van der Waals surface area contributed by atoms with Gasteiger partial charge in [-0.15, -0.1) is 11.8 Å². The Kier molecular flexibility index (Phi) is 6.94. The van der Waals surface area contributed by atoms with Gasteiger partial charge in [0, 0.05) is 31.1 Å². The number of aromatic carboxylic acids is 1. The molecule has 1 atom stereocenters. The van der Waals surface area contributed by atoms with Gasteiger partial charge in [-0.2, -0.15) is 0 Å². The van der Waals surface area contributed by atoms with Gasteiger partial charge in [0.2, 0.25) is 0 Å². The summed E-state index contributed by atoms with van der Waals surface area (Å²) in [7, 11) is 0. The molecule has 0 saturated carbocycles. The Hall–Kier alpha value is -3.50. The van der Waals surface area contributed by atoms with E-state index < -0.39 is 5.97 Å². The van der Waals surface area contributed by atoms with Gasteiger partial charge in [-0.25, -0.2) is 14.2 Å². The second-order valence-electron chi connectivity index (χ2n) is 6.85. The Morgan fingerprint density at radius 1 is 1.27 bits per heavy atom. The number of imidazole rings is 1. The van der Waals surface area contributed by atoms with Gasteiger partial charge in [0.05, 0.1) is 23.8 Å². The lowest BCUT2D eigenvalue weighted by atomic mass is 10.0. The highest BCUT2D eigenvalue weighted by molar-refractivity contribution is 5.87. The van der Waals surface area contributed by atoms with Crippen LogP contribution in [0.25, 0.3) is 0 Å². The molecule has 30 heavy (non-hydrogen) atoms. The highest BCUT2D eigenvalue weighted by atomic mass is 19.1. The van der Waals surface area contributed by atoms with Crippen molar-refractivity contribution in [3.8, 4) is 11.8 Å². The largest absolute Gasteiger partial charge is 0.478 e. The van der Waals surface area contributed by atoms with Gasteiger partial charge in [0.25, 0.3) is 0 Å². The molecule has 6 nitrogen and oxygen atoms in total. The zero-order valence-electron chi connectivity index (χ0n) is 16.9. The average Bonchev–Trinajstić information content (AvgIpc) is 3.17. The summed E-state index contributed by atoms with van der Waals surface area (Å²) in [5.74, 6) is 5.56. The molecule has 1 unspecified atom stereocenters. The molecule has 0 fully saturated rings. The van der Waals surface area contributed by atoms with Crippen LogP contribution in [0, 0.1) is 24.6 Å². The average molecular weight is 406 g/mol. The number of aryl methyl sites for hydroxylation is 1. The quantitative estimate of drug-likeness (QED) is 0.558. The number of hydrogen-bond acceptors (Lipinski definition) is 4. The van der Waals surface area contributed by atoms with Crippen LogP contribution in [0.3, 0.4) is 0 Å². The number of nitrogens with zero attached hydrogens (tertiary/aromatic N) is 3. The van der Waals surface area contributed by atoms with Crippen LogP contribution < -0.4 is 5.32 Å². The van der Waals surface area contributed by atoms with Crippen molar-refractivity contribution in [2.75, 3.05) is 0 Å². The molecule has 0 amide bonds. The molecule has 1 aromatic carbocycles. The summed E-state index contributed by atoms with van der Waals surface area (Å²) in [5.41, 5.74) is 2.47. The molecule has 0 spiro atoms. The van der Waals surface area contributed by atoms with Crippen molar-refractivity contribution in [1.82, 2.24) is 19.9 Å². The summed E-state index contributed by atoms with van der Waals surface area (Å²) >= 11 is 0. The fourth-order valence-corrected chi connectivity index (χ4v) is 3.28. The van der Waals surface area contributed by atoms with Crippen molar-refractivity contribution < 1.29 is 14.3 Å². The molecule has 3 rings (SSSR count). The van der Waals surface area contributed by atoms with Crippen molar-refractivity contribution in [3.63, 3.8) is 0 Å². The molecule has 3 aromatic rings. The summed E-state index contributed by atoms with van der Waals surface area (Å²) in [6.45, 7) is 4.43. The van der Waals surface area contributed by atoms with E-state index in [0.29, 0.717) is 30.9 Å². The molecular weight excluding hydrogens is 383 g/mol. The van der Waals surface area contributed by atoms with Gasteiger partial charge < -0.3 is 15.0 Å². The molecule has 2 heterocycles. The van der Waals surface area contributed by atoms with Gasteiger partial charge in [-0.1, -0.05) is 12.1 Å². The SMILES string of the molecule is CC#CCC(c1ccc(F)cc1)n1ccnc1CNCc1cc(C(=O)O)cc(C)n1. The van der Waals surface area contributed by atoms with Crippen LogP contribution in [0.2, 0.25) is 0 Å². The minimum atomic E-state index is -0.975. The van der Waals surface area contributed by atoms with Gasteiger partial charge >= 0.3 is 5.97 Å². The van der Waals surface area contributed by atoms with Crippen molar-refractivity contribution in [2.24, 2.45) is 0 Å². The minimum Gasteiger partial charge on any atom is -0.478 e. The van der Waals surface area contributed by atoms with Crippen molar-refractivity contribution in [3.05, 3.63) is 82.9 Å². The molecular formula is C23H23FN4O2. The molecule has 2 aromatic heterocycles. The van der Waals surface area contributed by atoms with Crippen molar-refractivity contribution in [1.29, 1.82) is 0 Å². The highest BCUT2D eigenvalue weighted by Crippen LogP contribution is 2.23. The second-order valence-corrected chi connectivity index (χ2v) is 6.85. The van der Waals surface area contributed by atoms with Crippen LogP contribution in [-0.4, -0.2) is 25.6 Å². The lowest BCUT2D eigenvalue weighted by Crippen LogP contribution is -2.20. The number of hydrogen-bond donors (Lipinski definition) is 2. The Balaban J connectivity index is 1.75. The summed E-state index contributed by atoms with van der Waals surface area (Å²) < 4.78 is 15.4. The summed E-state index contributed by atoms with van der Waals surface area (Å²) in [4.78, 5) is 20.1. The fourth-order valence-electron chi connectivity index (χ4n) is 3.28. The lowest BCUT2D eigenvalue weighted by molar-refractivity contribution is 0.0696. The summed E-state index contributed by atoms with van der Waals surface area (Å²) in [5, 5.41) is 12.5. The Morgan fingerprint density at radius 3 is 2.73 bits per heavy atom. The van der Waals surface area contributed by atoms with E-state index in [1.54, 1.807) is 44.3 Å². The van der Waals surface area contributed by atoms with Crippen LogP contribution in [0.1, 0.15) is 52.5 Å². The number of nitrogens with one attached hydrogen (secondary N) is 1. The first-order valence-electron chi connectivity index (χ1n) is 9.56. The topological polar surface area (TPSA) is 80.0 Å². The van der Waals surface area contributed by atoms with Crippen LogP contribution in [0.4, 0.5) is 4.39 Å². The first kappa shape index (κ1) is 21.2. The standard InChI is InChI=1S/C23H23FN4O2/c1-3-4-5-21(17-6-8-19(24)9-7-17)28-11-10-26-22(28)15-25-14-20-13-18(23(29)30)12-16(2)27-20/h6-13,21,25H,5,14-15H2,1-2H3,(H,29,30). The van der Waals surface area contributed by atoms with Crippen LogP contribution in [0.5, 0.6) is 0 Å². The number of rotatable bonds is 8. The maximum atomic E-state index is 13.4. The van der Waals surface area contributed by atoms with Gasteiger partial charge in [0.1, 0.15) is 11.6 Å². The first-order chi connectivity index (χ1) is 14.5. The molecule has 7 heteroatoms. The number of benzene rings is 1. The third kappa shape index (κ3) is 5.31. The number of carboxylic acid groups (broad SMARTS) is 1. The van der Waals surface area contributed by atoms with Gasteiger partial charge in [0.15, 0.2) is 0 Å². The molecule has 0 bridgehead atoms. The van der Waals surface area contributed by atoms with E-state index in [-0.39, 0.29) is 17.4 Å². The van der Waals surface area contributed by atoms with Crippen LogP contribution in [0.15, 0.2) is 48.8 Å². The van der Waals surface area contributed by atoms with E-state index in [2.05, 4.69) is 27.1 Å². The van der Waals surface area contributed by atoms with Crippen molar-refractivity contribution in [2.45, 2.75) is 39.4 Å². The van der Waals surface area contributed by atoms with Gasteiger partial charge in [-0.3, -0.25) is 4.98 Å². The van der Waals surface area contributed by atoms with Gasteiger partial charge in [-0.05, 0) is 43.7 Å². The predicted octanol–water partition coefficient (Wildman–Crippen LogP) is 3.72. The lowest BCUT2D eigenvalue weighted by Gasteiger charge is -2.20. The fraction of sp³-hybridized carbons (Fsp3) is 0.261. The molecule has 0 aliphatic carbocycles. The van der Waals surface area contributed by atoms with Crippen molar-refractivity contribution >= 4 is 5.97 Å². The molecule has 0 radical (unpaired) electrons. The maximum absolute atomic E-state index is 13.4. The predicted molar refractivity (Wildman–Crippen MR) is 111 cm³/mol. The minimum absolute atomic E-state index is 0.0898. The first-order valence-corrected chi connectivity index (χ1v) is 9.56. The summed E-state index contributed by atoms with van der Waals surface area (Å²) in [6.07, 6.45) is 4.18. The Bertz CT molecular complexity index is 1080. The third-order valence-electron chi connectivity index (χ3n) is 4.65. The van der Waals surface area contributed by atoms with Crippen LogP contribution in [-0.2, 0) is 13.1 Å². The molecule has 154 valence electrons. The third-order valence-corrected chi connectivity index (χ3v) is 4.65. The Labute approximate surface area is 174 Å². The number of carbonyl (C=O) groups is 1. The van der Waals surface area contributed by atoms with E-state index in [1.165, 1.54) is 12.1 Å². The maximum Gasteiger partial charge on any atom is 0.335 e. The molecule has 2 N–H and O–H groups in total. The molecule has 0 aliphatic rings. The normalized spacial score (nSPS) is 11.6. The summed E-state index contributed by atoms with van der Waals surface area (Å²) in [6, 6.07) is 9.43. The van der Waals surface area contributed by atoms with E-state index in [4.69, 9.17) is 0 Å². The number of pyridine rings is 1. The zero-order chi connectivity index (χ0) is 21.5. The number of aromatic nitrogens is 3. The van der Waals surface area contributed by atoms with Crippen LogP contribution >= 0.6 is 0 Å². The van der Waals surface area contributed by atoms with E-state index in [0.717, 1.165) is 11.4 Å². The molecule has 0 saturated heterocycles. The monoisotopic (exact) mass is 406 g/mol. The zero-order valence-corrected chi connectivity index (χ0v) is 16.9. The molecule has 0 aliphatic heterocycles. The second kappa shape index (κ2) is 9.81.